The van der Waals surface area contributed by atoms with Crippen molar-refractivity contribution in [2.75, 3.05) is 18.0 Å². The third kappa shape index (κ3) is 3.31. The van der Waals surface area contributed by atoms with Crippen LogP contribution in [0.15, 0.2) is 4.47 Å². The number of aryl methyl sites for hydroxylation is 1. The van der Waals surface area contributed by atoms with Crippen LogP contribution in [0, 0.1) is 30.1 Å². The first-order valence-electron chi connectivity index (χ1n) is 7.88. The first kappa shape index (κ1) is 17.0. The second-order valence-electron chi connectivity index (χ2n) is 7.29. The van der Waals surface area contributed by atoms with E-state index in [1.54, 1.807) is 0 Å². The lowest BCUT2D eigenvalue weighted by molar-refractivity contribution is 0.0518. The van der Waals surface area contributed by atoms with Gasteiger partial charge in [-0.05, 0) is 43.6 Å². The Morgan fingerprint density at radius 3 is 2.54 bits per heavy atom. The number of nitrogens with one attached hydrogen (secondary N) is 1. The van der Waals surface area contributed by atoms with E-state index in [4.69, 9.17) is 10.00 Å². The molecule has 1 aromatic rings. The minimum absolute atomic E-state index is 0.156. The minimum atomic E-state index is -0.489. The topological polar surface area (TPSA) is 91.1 Å². The zero-order valence-electron chi connectivity index (χ0n) is 14.1. The molecule has 2 atom stereocenters. The highest BCUT2D eigenvalue weighted by molar-refractivity contribution is 9.10. The predicted octanol–water partition coefficient (Wildman–Crippen LogP) is 2.38. The largest absolute Gasteiger partial charge is 0.444 e. The van der Waals surface area contributed by atoms with Crippen molar-refractivity contribution in [1.82, 2.24) is 15.3 Å². The molecule has 2 aliphatic rings. The molecule has 8 heteroatoms. The number of nitrogens with zero attached hydrogens (tertiary/aromatic N) is 4. The van der Waals surface area contributed by atoms with Gasteiger partial charge in [0.15, 0.2) is 5.69 Å². The molecule has 1 aromatic heterocycles. The summed E-state index contributed by atoms with van der Waals surface area (Å²) in [6.07, 6.45) is -0.365. The van der Waals surface area contributed by atoms with Gasteiger partial charge in [-0.3, -0.25) is 0 Å². The van der Waals surface area contributed by atoms with Crippen LogP contribution in [0.3, 0.4) is 0 Å². The van der Waals surface area contributed by atoms with Crippen LogP contribution in [0.4, 0.5) is 10.7 Å². The van der Waals surface area contributed by atoms with Crippen molar-refractivity contribution in [3.63, 3.8) is 0 Å². The van der Waals surface area contributed by atoms with Crippen molar-refractivity contribution in [3.05, 3.63) is 15.9 Å². The van der Waals surface area contributed by atoms with E-state index in [1.165, 1.54) is 0 Å². The summed E-state index contributed by atoms with van der Waals surface area (Å²) in [6, 6.07) is 2.24. The first-order chi connectivity index (χ1) is 11.2. The number of rotatable bonds is 2. The Bertz CT molecular complexity index is 712. The third-order valence-electron chi connectivity index (χ3n) is 4.27. The van der Waals surface area contributed by atoms with Crippen molar-refractivity contribution < 1.29 is 9.53 Å². The molecule has 2 heterocycles. The lowest BCUT2D eigenvalue weighted by Crippen LogP contribution is -2.38. The lowest BCUT2D eigenvalue weighted by atomic mass is 10.2. The Hall–Kier alpha value is -1.88. The molecular weight excluding hydrogens is 374 g/mol. The lowest BCUT2D eigenvalue weighted by Gasteiger charge is -2.22. The van der Waals surface area contributed by atoms with Crippen LogP contribution in [0.25, 0.3) is 0 Å². The Kier molecular flexibility index (Phi) is 4.16. The van der Waals surface area contributed by atoms with Crippen molar-refractivity contribution in [2.45, 2.75) is 39.3 Å². The molecule has 0 bridgehead atoms. The third-order valence-corrected chi connectivity index (χ3v) is 5.22. The van der Waals surface area contributed by atoms with Crippen LogP contribution in [-0.4, -0.2) is 40.8 Å². The minimum Gasteiger partial charge on any atom is -0.444 e. The number of nitriles is 1. The molecule has 24 heavy (non-hydrogen) atoms. The number of hydrogen-bond acceptors (Lipinski definition) is 6. The highest BCUT2D eigenvalue weighted by atomic mass is 79.9. The Morgan fingerprint density at radius 1 is 1.38 bits per heavy atom. The van der Waals surface area contributed by atoms with Crippen molar-refractivity contribution >= 4 is 28.0 Å². The van der Waals surface area contributed by atoms with E-state index >= 15 is 0 Å². The fraction of sp³-hybridized carbons (Fsp3) is 0.625. The molecule has 7 nitrogen and oxygen atoms in total. The Labute approximate surface area is 149 Å². The highest BCUT2D eigenvalue weighted by Crippen LogP contribution is 2.46. The van der Waals surface area contributed by atoms with Gasteiger partial charge in [-0.25, -0.2) is 14.8 Å². The maximum atomic E-state index is 11.8. The van der Waals surface area contributed by atoms with Gasteiger partial charge in [0.2, 0.25) is 5.95 Å². The SMILES string of the molecule is Cc1nc(N2CC3C(C2)C3NC(=O)OC(C)(C)C)nc(C#N)c1Br. The fourth-order valence-electron chi connectivity index (χ4n) is 3.11. The molecule has 3 rings (SSSR count). The molecule has 0 aromatic carbocycles. The van der Waals surface area contributed by atoms with Gasteiger partial charge in [0.1, 0.15) is 11.7 Å². The van der Waals surface area contributed by atoms with Gasteiger partial charge in [0.25, 0.3) is 0 Å². The summed E-state index contributed by atoms with van der Waals surface area (Å²) in [5.74, 6) is 1.35. The van der Waals surface area contributed by atoms with Crippen LogP contribution in [-0.2, 0) is 4.74 Å². The molecule has 1 saturated heterocycles. The maximum absolute atomic E-state index is 11.8. The van der Waals surface area contributed by atoms with Gasteiger partial charge >= 0.3 is 6.09 Å². The summed E-state index contributed by atoms with van der Waals surface area (Å²) in [5.41, 5.74) is 0.610. The number of ether oxygens (including phenoxy) is 1. The van der Waals surface area contributed by atoms with Gasteiger partial charge in [-0.2, -0.15) is 5.26 Å². The highest BCUT2D eigenvalue weighted by Gasteiger charge is 2.57. The number of piperidine rings is 1. The number of amides is 1. The number of halogens is 1. The van der Waals surface area contributed by atoms with E-state index in [2.05, 4.69) is 42.2 Å². The van der Waals surface area contributed by atoms with Gasteiger partial charge < -0.3 is 15.0 Å². The van der Waals surface area contributed by atoms with Crippen LogP contribution in [0.2, 0.25) is 0 Å². The Balaban J connectivity index is 1.60. The summed E-state index contributed by atoms with van der Waals surface area (Å²) in [6.45, 7) is 8.94. The summed E-state index contributed by atoms with van der Waals surface area (Å²) < 4.78 is 5.94. The quantitative estimate of drug-likeness (QED) is 0.828. The summed E-state index contributed by atoms with van der Waals surface area (Å²) in [7, 11) is 0. The molecular formula is C16H20BrN5O2. The van der Waals surface area contributed by atoms with Crippen LogP contribution >= 0.6 is 15.9 Å². The molecule has 2 fully saturated rings. The molecule has 1 aliphatic heterocycles. The van der Waals surface area contributed by atoms with Gasteiger partial charge in [0, 0.05) is 31.0 Å². The normalized spacial score (nSPS) is 25.0. The van der Waals surface area contributed by atoms with E-state index in [-0.39, 0.29) is 12.1 Å². The smallest absolute Gasteiger partial charge is 0.407 e. The number of fused-ring (bicyclic) bond motifs is 1. The van der Waals surface area contributed by atoms with Gasteiger partial charge in [-0.1, -0.05) is 0 Å². The molecule has 1 saturated carbocycles. The molecule has 0 spiro atoms. The van der Waals surface area contributed by atoms with E-state index in [0.29, 0.717) is 28.0 Å². The standard InChI is InChI=1S/C16H20BrN5O2/c1-8-12(17)11(5-18)20-14(19-8)22-6-9-10(7-22)13(9)21-15(23)24-16(2,3)4/h9-10,13H,6-7H2,1-4H3,(H,21,23). The number of carbonyl (C=O) groups excluding carboxylic acids is 1. The van der Waals surface area contributed by atoms with E-state index < -0.39 is 5.60 Å². The van der Waals surface area contributed by atoms with Crippen molar-refractivity contribution in [3.8, 4) is 6.07 Å². The van der Waals surface area contributed by atoms with E-state index in [9.17, 15) is 4.79 Å². The molecule has 2 unspecified atom stereocenters. The second kappa shape index (κ2) is 5.88. The summed E-state index contributed by atoms with van der Waals surface area (Å²) in [5, 5.41) is 12.1. The number of alkyl carbamates (subject to hydrolysis) is 1. The average molecular weight is 394 g/mol. The summed E-state index contributed by atoms with van der Waals surface area (Å²) >= 11 is 3.34. The fourth-order valence-corrected chi connectivity index (χ4v) is 3.37. The van der Waals surface area contributed by atoms with Crippen molar-refractivity contribution in [1.29, 1.82) is 5.26 Å². The van der Waals surface area contributed by atoms with Crippen molar-refractivity contribution in [2.24, 2.45) is 11.8 Å². The predicted molar refractivity (Wildman–Crippen MR) is 91.5 cm³/mol. The van der Waals surface area contributed by atoms with Gasteiger partial charge in [0.05, 0.1) is 10.2 Å². The molecule has 128 valence electrons. The monoisotopic (exact) mass is 393 g/mol. The molecule has 1 amide bonds. The molecule has 0 radical (unpaired) electrons. The van der Waals surface area contributed by atoms with E-state index in [1.807, 2.05) is 27.7 Å². The zero-order chi connectivity index (χ0) is 17.6. The van der Waals surface area contributed by atoms with Crippen LogP contribution in [0.1, 0.15) is 32.2 Å². The summed E-state index contributed by atoms with van der Waals surface area (Å²) in [4.78, 5) is 22.7. The number of carbonyl (C=O) groups is 1. The molecule has 1 aliphatic carbocycles. The maximum Gasteiger partial charge on any atom is 0.407 e. The number of hydrogen-bond donors (Lipinski definition) is 1. The number of anilines is 1. The zero-order valence-corrected chi connectivity index (χ0v) is 15.7. The second-order valence-corrected chi connectivity index (χ2v) is 8.08. The molecule has 1 N–H and O–H groups in total. The van der Waals surface area contributed by atoms with Gasteiger partial charge in [-0.15, -0.1) is 0 Å². The van der Waals surface area contributed by atoms with Crippen LogP contribution < -0.4 is 10.2 Å². The first-order valence-corrected chi connectivity index (χ1v) is 8.67. The Morgan fingerprint density at radius 2 is 2.00 bits per heavy atom. The van der Waals surface area contributed by atoms with Crippen LogP contribution in [0.5, 0.6) is 0 Å². The number of aromatic nitrogens is 2. The average Bonchev–Trinajstić information content (AvgIpc) is 2.92. The van der Waals surface area contributed by atoms with E-state index in [0.717, 1.165) is 18.8 Å².